The summed E-state index contributed by atoms with van der Waals surface area (Å²) in [5.74, 6) is -0.253. The number of rotatable bonds is 7. The van der Waals surface area contributed by atoms with Crippen molar-refractivity contribution in [3.63, 3.8) is 0 Å². The molecule has 4 aromatic carbocycles. The van der Waals surface area contributed by atoms with Crippen LogP contribution in [0.5, 0.6) is 0 Å². The highest BCUT2D eigenvalue weighted by atomic mass is 16.2. The molecule has 2 N–H and O–H groups in total. The van der Waals surface area contributed by atoms with Crippen LogP contribution < -0.4 is 10.6 Å². The Morgan fingerprint density at radius 1 is 0.594 bits per heavy atom. The van der Waals surface area contributed by atoms with Gasteiger partial charge in [0.2, 0.25) is 11.8 Å². The van der Waals surface area contributed by atoms with E-state index >= 15 is 0 Å². The molecule has 4 nitrogen and oxygen atoms in total. The summed E-state index contributed by atoms with van der Waals surface area (Å²) in [6, 6.07) is 28.2. The third kappa shape index (κ3) is 4.80. The number of fused-ring (bicyclic) bond motifs is 2. The predicted molar refractivity (Wildman–Crippen MR) is 130 cm³/mol. The van der Waals surface area contributed by atoms with Crippen molar-refractivity contribution in [1.29, 1.82) is 0 Å². The van der Waals surface area contributed by atoms with Crippen LogP contribution in [0.3, 0.4) is 0 Å². The standard InChI is InChI=1S/C28H28N2O2/c1-19(23-15-7-11-21-9-3-5-13-25(21)23)29-27(31)17-18-28(32)30-20(2)24-16-8-12-22-10-4-6-14-26(22)24/h3-16,19-20H,17-18H2,1-2H3,(H,29,31)(H,30,32). The Hall–Kier alpha value is -3.66. The lowest BCUT2D eigenvalue weighted by Crippen LogP contribution is -2.30. The van der Waals surface area contributed by atoms with Gasteiger partial charge in [-0.3, -0.25) is 9.59 Å². The average molecular weight is 425 g/mol. The van der Waals surface area contributed by atoms with E-state index in [-0.39, 0.29) is 36.7 Å². The second kappa shape index (κ2) is 9.65. The van der Waals surface area contributed by atoms with Gasteiger partial charge in [0, 0.05) is 12.8 Å². The van der Waals surface area contributed by atoms with Gasteiger partial charge in [-0.15, -0.1) is 0 Å². The molecule has 0 fully saturated rings. The molecule has 0 spiro atoms. The summed E-state index contributed by atoms with van der Waals surface area (Å²) in [5.41, 5.74) is 2.15. The zero-order chi connectivity index (χ0) is 22.5. The fraction of sp³-hybridized carbons (Fsp3) is 0.214. The van der Waals surface area contributed by atoms with Gasteiger partial charge in [-0.25, -0.2) is 0 Å². The SMILES string of the molecule is CC(NC(=O)CCC(=O)NC(C)c1cccc2ccccc12)c1cccc2ccccc12. The molecular formula is C28H28N2O2. The summed E-state index contributed by atoms with van der Waals surface area (Å²) in [4.78, 5) is 25.0. The van der Waals surface area contributed by atoms with E-state index in [9.17, 15) is 9.59 Å². The monoisotopic (exact) mass is 424 g/mol. The maximum absolute atomic E-state index is 12.5. The van der Waals surface area contributed by atoms with Gasteiger partial charge in [0.1, 0.15) is 0 Å². The first-order chi connectivity index (χ1) is 15.5. The molecule has 2 unspecified atom stereocenters. The molecule has 2 amide bonds. The Bertz CT molecular complexity index is 1150. The third-order valence-corrected chi connectivity index (χ3v) is 5.91. The molecule has 32 heavy (non-hydrogen) atoms. The summed E-state index contributed by atoms with van der Waals surface area (Å²) in [7, 11) is 0. The molecule has 0 radical (unpaired) electrons. The zero-order valence-electron chi connectivity index (χ0n) is 18.5. The highest BCUT2D eigenvalue weighted by molar-refractivity contribution is 5.89. The highest BCUT2D eigenvalue weighted by Crippen LogP contribution is 2.25. The number of carbonyl (C=O) groups is 2. The Balaban J connectivity index is 1.33. The van der Waals surface area contributed by atoms with Gasteiger partial charge >= 0.3 is 0 Å². The molecule has 4 aromatic rings. The summed E-state index contributed by atoms with van der Waals surface area (Å²) in [6.45, 7) is 3.95. The van der Waals surface area contributed by atoms with Crippen LogP contribution in [0.1, 0.15) is 49.9 Å². The Morgan fingerprint density at radius 2 is 0.969 bits per heavy atom. The van der Waals surface area contributed by atoms with Crippen LogP contribution in [-0.4, -0.2) is 11.8 Å². The van der Waals surface area contributed by atoms with Gasteiger partial charge < -0.3 is 10.6 Å². The largest absolute Gasteiger partial charge is 0.350 e. The van der Waals surface area contributed by atoms with Gasteiger partial charge in [0.25, 0.3) is 0 Å². The van der Waals surface area contributed by atoms with Gasteiger partial charge in [0.15, 0.2) is 0 Å². The number of hydrogen-bond acceptors (Lipinski definition) is 2. The van der Waals surface area contributed by atoms with Crippen LogP contribution in [0.15, 0.2) is 84.9 Å². The second-order valence-corrected chi connectivity index (χ2v) is 8.22. The Kier molecular flexibility index (Phi) is 6.50. The normalized spacial score (nSPS) is 12.9. The number of benzene rings is 4. The molecule has 4 rings (SSSR count). The van der Waals surface area contributed by atoms with Crippen molar-refractivity contribution >= 4 is 33.4 Å². The van der Waals surface area contributed by atoms with Gasteiger partial charge in [-0.2, -0.15) is 0 Å². The number of carbonyl (C=O) groups excluding carboxylic acids is 2. The van der Waals surface area contributed by atoms with Gasteiger partial charge in [-0.05, 0) is 46.5 Å². The lowest BCUT2D eigenvalue weighted by molar-refractivity contribution is -0.127. The molecule has 4 heteroatoms. The van der Waals surface area contributed by atoms with Gasteiger partial charge in [0.05, 0.1) is 12.1 Å². The lowest BCUT2D eigenvalue weighted by Gasteiger charge is -2.18. The maximum Gasteiger partial charge on any atom is 0.220 e. The number of nitrogens with one attached hydrogen (secondary N) is 2. The maximum atomic E-state index is 12.5. The Morgan fingerprint density at radius 3 is 1.41 bits per heavy atom. The van der Waals surface area contributed by atoms with Crippen molar-refractivity contribution in [2.45, 2.75) is 38.8 Å². The number of hydrogen-bond donors (Lipinski definition) is 2. The number of amides is 2. The molecule has 0 saturated heterocycles. The highest BCUT2D eigenvalue weighted by Gasteiger charge is 2.16. The van der Waals surface area contributed by atoms with E-state index in [1.807, 2.05) is 62.4 Å². The molecule has 0 aromatic heterocycles. The molecule has 0 heterocycles. The van der Waals surface area contributed by atoms with Crippen LogP contribution >= 0.6 is 0 Å². The van der Waals surface area contributed by atoms with Crippen LogP contribution in [0, 0.1) is 0 Å². The summed E-state index contributed by atoms with van der Waals surface area (Å²) >= 11 is 0. The quantitative estimate of drug-likeness (QED) is 0.392. The van der Waals surface area contributed by atoms with E-state index in [0.29, 0.717) is 0 Å². The topological polar surface area (TPSA) is 58.2 Å². The minimum atomic E-state index is -0.133. The van der Waals surface area contributed by atoms with Crippen molar-refractivity contribution < 1.29 is 9.59 Å². The van der Waals surface area contributed by atoms with Crippen LogP contribution in [0.2, 0.25) is 0 Å². The third-order valence-electron chi connectivity index (χ3n) is 5.91. The Labute approximate surface area is 188 Å². The first-order valence-corrected chi connectivity index (χ1v) is 11.1. The molecule has 0 aliphatic carbocycles. The van der Waals surface area contributed by atoms with E-state index in [1.54, 1.807) is 0 Å². The van der Waals surface area contributed by atoms with E-state index < -0.39 is 0 Å². The minimum absolute atomic E-state index is 0.126. The van der Waals surface area contributed by atoms with Gasteiger partial charge in [-0.1, -0.05) is 84.9 Å². The smallest absolute Gasteiger partial charge is 0.220 e. The second-order valence-electron chi connectivity index (χ2n) is 8.22. The summed E-state index contributed by atoms with van der Waals surface area (Å²) in [5, 5.41) is 10.6. The van der Waals surface area contributed by atoms with Crippen LogP contribution in [0.4, 0.5) is 0 Å². The summed E-state index contributed by atoms with van der Waals surface area (Å²) in [6.07, 6.45) is 0.312. The lowest BCUT2D eigenvalue weighted by atomic mass is 9.99. The van der Waals surface area contributed by atoms with Crippen molar-refractivity contribution in [3.05, 3.63) is 96.1 Å². The molecule has 0 aliphatic rings. The van der Waals surface area contributed by atoms with E-state index in [4.69, 9.17) is 0 Å². The molecule has 2 atom stereocenters. The van der Waals surface area contributed by atoms with Crippen molar-refractivity contribution in [1.82, 2.24) is 10.6 Å². The van der Waals surface area contributed by atoms with Crippen molar-refractivity contribution in [2.24, 2.45) is 0 Å². The van der Waals surface area contributed by atoms with Crippen LogP contribution in [-0.2, 0) is 9.59 Å². The minimum Gasteiger partial charge on any atom is -0.350 e. The van der Waals surface area contributed by atoms with Crippen molar-refractivity contribution in [2.75, 3.05) is 0 Å². The van der Waals surface area contributed by atoms with E-state index in [1.165, 1.54) is 0 Å². The van der Waals surface area contributed by atoms with E-state index in [2.05, 4.69) is 47.0 Å². The average Bonchev–Trinajstić information content (AvgIpc) is 2.82. The molecule has 0 bridgehead atoms. The first kappa shape index (κ1) is 21.6. The molecule has 162 valence electrons. The molecular weight excluding hydrogens is 396 g/mol. The molecule has 0 saturated carbocycles. The fourth-order valence-electron chi connectivity index (χ4n) is 4.27. The van der Waals surface area contributed by atoms with Crippen LogP contribution in [0.25, 0.3) is 21.5 Å². The molecule has 0 aliphatic heterocycles. The first-order valence-electron chi connectivity index (χ1n) is 11.1. The van der Waals surface area contributed by atoms with Crippen molar-refractivity contribution in [3.8, 4) is 0 Å². The predicted octanol–water partition coefficient (Wildman–Crippen LogP) is 5.83. The summed E-state index contributed by atoms with van der Waals surface area (Å²) < 4.78 is 0. The fourth-order valence-corrected chi connectivity index (χ4v) is 4.27. The van der Waals surface area contributed by atoms with E-state index in [0.717, 1.165) is 32.7 Å². The zero-order valence-corrected chi connectivity index (χ0v) is 18.5.